The molecule has 4 rings (SSSR count). The van der Waals surface area contributed by atoms with Crippen LogP contribution in [0.2, 0.25) is 0 Å². The van der Waals surface area contributed by atoms with Crippen LogP contribution in [0.25, 0.3) is 0 Å². The molecule has 0 saturated carbocycles. The predicted octanol–water partition coefficient (Wildman–Crippen LogP) is 5.70. The van der Waals surface area contributed by atoms with Gasteiger partial charge in [0.05, 0.1) is 22.4 Å². The van der Waals surface area contributed by atoms with Crippen molar-refractivity contribution in [3.63, 3.8) is 0 Å². The number of para-hydroxylation sites is 1. The maximum Gasteiger partial charge on any atom is 0.416 e. The Hall–Kier alpha value is -4.56. The van der Waals surface area contributed by atoms with Crippen LogP contribution in [0.3, 0.4) is 0 Å². The van der Waals surface area contributed by atoms with Crippen molar-refractivity contribution in [3.05, 3.63) is 109 Å². The van der Waals surface area contributed by atoms with E-state index in [1.54, 1.807) is 36.4 Å². The van der Waals surface area contributed by atoms with Gasteiger partial charge in [-0.15, -0.1) is 0 Å². The lowest BCUT2D eigenvalue weighted by Crippen LogP contribution is -2.37. The number of sulfonamides is 2. The molecule has 1 amide bonds. The minimum atomic E-state index is -4.64. The van der Waals surface area contributed by atoms with Gasteiger partial charge in [-0.3, -0.25) is 13.8 Å². The number of alkyl halides is 3. The summed E-state index contributed by atoms with van der Waals surface area (Å²) in [6.07, 6.45) is -3.69. The second kappa shape index (κ2) is 12.1. The van der Waals surface area contributed by atoms with Crippen molar-refractivity contribution in [2.75, 3.05) is 27.1 Å². The van der Waals surface area contributed by atoms with Crippen LogP contribution in [0.15, 0.2) is 108 Å². The zero-order valence-corrected chi connectivity index (χ0v) is 23.5. The van der Waals surface area contributed by atoms with Crippen LogP contribution in [-0.4, -0.2) is 35.5 Å². The molecule has 0 atom stereocenters. The van der Waals surface area contributed by atoms with Crippen LogP contribution >= 0.6 is 0 Å². The lowest BCUT2D eigenvalue weighted by atomic mass is 10.2. The van der Waals surface area contributed by atoms with Crippen LogP contribution in [0.1, 0.15) is 5.56 Å². The molecule has 0 aliphatic heterocycles. The van der Waals surface area contributed by atoms with Crippen molar-refractivity contribution in [1.29, 1.82) is 0 Å². The molecule has 0 saturated heterocycles. The standard InChI is InChI=1S/C28H24F3N3O6S2/c1-41(36,37)34(23-12-14-25(15-13-23)40-24-8-3-2-4-9-24)19-27(35)32-21-10-16-26(17-11-21)42(38,39)33-22-7-5-6-20(18-22)28(29,30)31/h2-18,33H,19H2,1H3,(H,32,35). The van der Waals surface area contributed by atoms with Crippen LogP contribution < -0.4 is 19.1 Å². The van der Waals surface area contributed by atoms with Crippen molar-refractivity contribution in [3.8, 4) is 11.5 Å². The summed E-state index contributed by atoms with van der Waals surface area (Å²) in [6, 6.07) is 23.6. The van der Waals surface area contributed by atoms with E-state index < -0.39 is 44.2 Å². The summed E-state index contributed by atoms with van der Waals surface area (Å²) in [6.45, 7) is -0.575. The van der Waals surface area contributed by atoms with Gasteiger partial charge in [0.2, 0.25) is 15.9 Å². The van der Waals surface area contributed by atoms with Crippen molar-refractivity contribution >= 4 is 43.0 Å². The van der Waals surface area contributed by atoms with E-state index in [1.165, 1.54) is 30.3 Å². The Morgan fingerprint density at radius 3 is 2.00 bits per heavy atom. The molecule has 0 aromatic heterocycles. The summed E-state index contributed by atoms with van der Waals surface area (Å²) in [5.41, 5.74) is -0.906. The number of nitrogens with zero attached hydrogens (tertiary/aromatic N) is 1. The summed E-state index contributed by atoms with van der Waals surface area (Å²) in [4.78, 5) is 12.5. The maximum absolute atomic E-state index is 12.9. The van der Waals surface area contributed by atoms with Crippen molar-refractivity contribution in [2.45, 2.75) is 11.1 Å². The lowest BCUT2D eigenvalue weighted by Gasteiger charge is -2.22. The number of nitrogens with one attached hydrogen (secondary N) is 2. The van der Waals surface area contributed by atoms with Gasteiger partial charge in [-0.05, 0) is 78.9 Å². The molecule has 0 aliphatic carbocycles. The molecule has 0 bridgehead atoms. The fourth-order valence-electron chi connectivity index (χ4n) is 3.73. The number of amides is 1. The quantitative estimate of drug-likeness (QED) is 0.235. The van der Waals surface area contributed by atoms with Crippen LogP contribution in [0.4, 0.5) is 30.2 Å². The van der Waals surface area contributed by atoms with Gasteiger partial charge in [-0.2, -0.15) is 13.2 Å². The van der Waals surface area contributed by atoms with E-state index in [1.807, 2.05) is 6.07 Å². The highest BCUT2D eigenvalue weighted by Gasteiger charge is 2.31. The van der Waals surface area contributed by atoms with E-state index in [2.05, 4.69) is 10.0 Å². The Balaban J connectivity index is 1.42. The minimum absolute atomic E-state index is 0.165. The number of rotatable bonds is 10. The summed E-state index contributed by atoms with van der Waals surface area (Å²) < 4.78 is 97.8. The summed E-state index contributed by atoms with van der Waals surface area (Å²) in [7, 11) is -8.12. The lowest BCUT2D eigenvalue weighted by molar-refractivity contribution is -0.137. The van der Waals surface area contributed by atoms with E-state index in [0.29, 0.717) is 17.6 Å². The van der Waals surface area contributed by atoms with Crippen molar-refractivity contribution in [1.82, 2.24) is 0 Å². The smallest absolute Gasteiger partial charge is 0.416 e. The largest absolute Gasteiger partial charge is 0.457 e. The van der Waals surface area contributed by atoms with Crippen LogP contribution in [0, 0.1) is 0 Å². The summed E-state index contributed by atoms with van der Waals surface area (Å²) in [5.74, 6) is 0.345. The number of anilines is 3. The van der Waals surface area contributed by atoms with Gasteiger partial charge in [-0.25, -0.2) is 16.8 Å². The first-order valence-electron chi connectivity index (χ1n) is 12.1. The Bertz CT molecular complexity index is 1760. The maximum atomic E-state index is 12.9. The molecule has 0 aliphatic rings. The zero-order valence-electron chi connectivity index (χ0n) is 21.9. The third kappa shape index (κ3) is 8.01. The normalized spacial score (nSPS) is 11.9. The molecule has 4 aromatic rings. The molecule has 9 nitrogen and oxygen atoms in total. The number of hydrogen-bond acceptors (Lipinski definition) is 6. The number of carbonyl (C=O) groups is 1. The second-order valence-electron chi connectivity index (χ2n) is 8.94. The molecule has 0 radical (unpaired) electrons. The third-order valence-corrected chi connectivity index (χ3v) is 8.22. The van der Waals surface area contributed by atoms with Gasteiger partial charge in [0, 0.05) is 11.4 Å². The molecule has 14 heteroatoms. The monoisotopic (exact) mass is 619 g/mol. The number of carbonyl (C=O) groups excluding carboxylic acids is 1. The fourth-order valence-corrected chi connectivity index (χ4v) is 5.63. The summed E-state index contributed by atoms with van der Waals surface area (Å²) >= 11 is 0. The molecule has 2 N–H and O–H groups in total. The second-order valence-corrected chi connectivity index (χ2v) is 12.5. The van der Waals surface area contributed by atoms with E-state index in [-0.39, 0.29) is 22.0 Å². The van der Waals surface area contributed by atoms with E-state index >= 15 is 0 Å². The predicted molar refractivity (Wildman–Crippen MR) is 152 cm³/mol. The fraction of sp³-hybridized carbons (Fsp3) is 0.107. The first-order valence-corrected chi connectivity index (χ1v) is 15.4. The highest BCUT2D eigenvalue weighted by atomic mass is 32.2. The topological polar surface area (TPSA) is 122 Å². The Morgan fingerprint density at radius 1 is 0.786 bits per heavy atom. The van der Waals surface area contributed by atoms with E-state index in [4.69, 9.17) is 4.74 Å². The van der Waals surface area contributed by atoms with Gasteiger partial charge >= 0.3 is 6.18 Å². The Morgan fingerprint density at radius 2 is 1.40 bits per heavy atom. The van der Waals surface area contributed by atoms with E-state index in [9.17, 15) is 34.8 Å². The first-order chi connectivity index (χ1) is 19.7. The molecular formula is C28H24F3N3O6S2. The van der Waals surface area contributed by atoms with Crippen LogP contribution in [0.5, 0.6) is 11.5 Å². The van der Waals surface area contributed by atoms with Gasteiger partial charge in [-0.1, -0.05) is 24.3 Å². The molecule has 0 unspecified atom stereocenters. The average molecular weight is 620 g/mol. The molecule has 4 aromatic carbocycles. The third-order valence-electron chi connectivity index (χ3n) is 5.68. The Labute approximate surface area is 240 Å². The molecule has 0 heterocycles. The number of benzene rings is 4. The zero-order chi connectivity index (χ0) is 30.5. The van der Waals surface area contributed by atoms with E-state index in [0.717, 1.165) is 34.8 Å². The van der Waals surface area contributed by atoms with Gasteiger partial charge in [0.25, 0.3) is 10.0 Å². The van der Waals surface area contributed by atoms with Gasteiger partial charge < -0.3 is 10.1 Å². The van der Waals surface area contributed by atoms with Gasteiger partial charge in [0.1, 0.15) is 18.0 Å². The minimum Gasteiger partial charge on any atom is -0.457 e. The number of halogens is 3. The molecule has 220 valence electrons. The van der Waals surface area contributed by atoms with Crippen LogP contribution in [-0.2, 0) is 31.0 Å². The number of hydrogen-bond donors (Lipinski definition) is 2. The average Bonchev–Trinajstić information content (AvgIpc) is 2.92. The molecular weight excluding hydrogens is 595 g/mol. The highest BCUT2D eigenvalue weighted by molar-refractivity contribution is 7.92. The molecule has 0 spiro atoms. The SMILES string of the molecule is CS(=O)(=O)N(CC(=O)Nc1ccc(S(=O)(=O)Nc2cccc(C(F)(F)F)c2)cc1)c1ccc(Oc2ccccc2)cc1. The number of ether oxygens (including phenoxy) is 1. The van der Waals surface area contributed by atoms with Gasteiger partial charge in [0.15, 0.2) is 0 Å². The molecule has 42 heavy (non-hydrogen) atoms. The van der Waals surface area contributed by atoms with Crippen molar-refractivity contribution in [2.24, 2.45) is 0 Å². The van der Waals surface area contributed by atoms with Crippen molar-refractivity contribution < 1.29 is 39.5 Å². The Kier molecular flexibility index (Phi) is 8.78. The first kappa shape index (κ1) is 30.4. The summed E-state index contributed by atoms with van der Waals surface area (Å²) in [5, 5.41) is 2.50. The molecule has 0 fully saturated rings. The highest BCUT2D eigenvalue weighted by Crippen LogP contribution is 2.31.